The SMILES string of the molecule is N#Cc1cnc2c(Cl)cc(N[C@@H](c3ccc(F)cc3)c3cn(C4CC4)nn3)cc2c1NCC12CC(C1)C2. The topological polar surface area (TPSA) is 91.5 Å². The molecule has 8 rings (SSSR count). The average Bonchev–Trinajstić information content (AvgIpc) is 3.58. The molecule has 0 radical (unpaired) electrons. The van der Waals surface area contributed by atoms with E-state index in [1.807, 2.05) is 23.0 Å². The summed E-state index contributed by atoms with van der Waals surface area (Å²) in [4.78, 5) is 4.49. The zero-order valence-corrected chi connectivity index (χ0v) is 20.8. The Hall–Kier alpha value is -3.70. The van der Waals surface area contributed by atoms with Gasteiger partial charge in [-0.25, -0.2) is 9.07 Å². The number of nitriles is 1. The van der Waals surface area contributed by atoms with Crippen LogP contribution in [0.25, 0.3) is 10.9 Å². The number of hydrogen-bond acceptors (Lipinski definition) is 6. The minimum Gasteiger partial charge on any atom is -0.383 e. The zero-order chi connectivity index (χ0) is 25.1. The lowest BCUT2D eigenvalue weighted by Gasteiger charge is -2.62. The maximum absolute atomic E-state index is 13.7. The summed E-state index contributed by atoms with van der Waals surface area (Å²) in [5, 5.41) is 27.0. The second kappa shape index (κ2) is 8.42. The predicted octanol–water partition coefficient (Wildman–Crippen LogP) is 6.24. The molecule has 2 heterocycles. The van der Waals surface area contributed by atoms with E-state index >= 15 is 0 Å². The van der Waals surface area contributed by atoms with E-state index in [9.17, 15) is 9.65 Å². The van der Waals surface area contributed by atoms with Gasteiger partial charge in [0.2, 0.25) is 0 Å². The number of nitrogens with zero attached hydrogens (tertiary/aromatic N) is 5. The minimum atomic E-state index is -0.370. The van der Waals surface area contributed by atoms with Crippen molar-refractivity contribution in [2.24, 2.45) is 11.3 Å². The van der Waals surface area contributed by atoms with Crippen LogP contribution in [0, 0.1) is 28.5 Å². The van der Waals surface area contributed by atoms with Crippen LogP contribution >= 0.6 is 11.6 Å². The molecule has 2 aromatic heterocycles. The van der Waals surface area contributed by atoms with E-state index in [1.165, 1.54) is 31.4 Å². The molecule has 0 aliphatic heterocycles. The summed E-state index contributed by atoms with van der Waals surface area (Å²) in [7, 11) is 0. The smallest absolute Gasteiger partial charge is 0.123 e. The molecule has 9 heteroatoms. The van der Waals surface area contributed by atoms with Gasteiger partial charge in [0, 0.05) is 23.8 Å². The monoisotopic (exact) mass is 513 g/mol. The van der Waals surface area contributed by atoms with E-state index in [0.717, 1.165) is 53.3 Å². The van der Waals surface area contributed by atoms with Crippen molar-refractivity contribution in [1.29, 1.82) is 5.26 Å². The Kier molecular flexibility index (Phi) is 5.12. The first kappa shape index (κ1) is 22.5. The van der Waals surface area contributed by atoms with Gasteiger partial charge in [-0.3, -0.25) is 4.98 Å². The van der Waals surface area contributed by atoms with Crippen LogP contribution in [-0.2, 0) is 0 Å². The molecule has 2 N–H and O–H groups in total. The summed E-state index contributed by atoms with van der Waals surface area (Å²) in [5.41, 5.74) is 4.61. The van der Waals surface area contributed by atoms with Gasteiger partial charge in [0.1, 0.15) is 17.6 Å². The van der Waals surface area contributed by atoms with Gasteiger partial charge in [-0.1, -0.05) is 28.9 Å². The van der Waals surface area contributed by atoms with E-state index in [0.29, 0.717) is 27.6 Å². The predicted molar refractivity (Wildman–Crippen MR) is 140 cm³/mol. The third-order valence-corrected chi connectivity index (χ3v) is 8.40. The van der Waals surface area contributed by atoms with Crippen molar-refractivity contribution < 1.29 is 4.39 Å². The summed E-state index contributed by atoms with van der Waals surface area (Å²) < 4.78 is 15.6. The number of halogens is 2. The van der Waals surface area contributed by atoms with Gasteiger partial charge >= 0.3 is 0 Å². The maximum atomic E-state index is 13.7. The summed E-state index contributed by atoms with van der Waals surface area (Å²) >= 11 is 6.72. The standard InChI is InChI=1S/C28H25ClFN7/c29-23-8-20(7-22-25(18(12-31)13-32-27(22)23)33-15-28-9-16(10-28)11-28)34-26(17-1-3-19(30)4-2-17)24-14-37(36-35-24)21-5-6-21/h1-4,7-8,13-14,16,21,26,34H,5-6,9-11,15H2,(H,32,33)/t16?,26-,28?/m0/s1. The number of fused-ring (bicyclic) bond motifs is 1. The van der Waals surface area contributed by atoms with Crippen molar-refractivity contribution in [1.82, 2.24) is 20.0 Å². The quantitative estimate of drug-likeness (QED) is 0.290. The zero-order valence-electron chi connectivity index (χ0n) is 20.1. The molecule has 0 saturated heterocycles. The summed E-state index contributed by atoms with van der Waals surface area (Å²) in [6.07, 6.45) is 9.53. The van der Waals surface area contributed by atoms with Crippen molar-refractivity contribution in [3.8, 4) is 6.07 Å². The highest BCUT2D eigenvalue weighted by atomic mass is 35.5. The molecular weight excluding hydrogens is 489 g/mol. The van der Waals surface area contributed by atoms with Crippen LogP contribution in [0.2, 0.25) is 5.02 Å². The van der Waals surface area contributed by atoms with Crippen LogP contribution in [0.4, 0.5) is 15.8 Å². The maximum Gasteiger partial charge on any atom is 0.123 e. The highest BCUT2D eigenvalue weighted by molar-refractivity contribution is 6.35. The first-order valence-electron chi connectivity index (χ1n) is 12.7. The van der Waals surface area contributed by atoms with Gasteiger partial charge < -0.3 is 10.6 Å². The Morgan fingerprint density at radius 3 is 2.65 bits per heavy atom. The van der Waals surface area contributed by atoms with Crippen molar-refractivity contribution in [2.45, 2.75) is 44.2 Å². The average molecular weight is 514 g/mol. The highest BCUT2D eigenvalue weighted by Crippen LogP contribution is 2.64. The number of rotatable bonds is 8. The fourth-order valence-electron chi connectivity index (χ4n) is 5.86. The lowest BCUT2D eigenvalue weighted by atomic mass is 9.44. The molecule has 4 saturated carbocycles. The van der Waals surface area contributed by atoms with Crippen molar-refractivity contribution >= 4 is 33.9 Å². The Balaban J connectivity index is 1.27. The largest absolute Gasteiger partial charge is 0.383 e. The number of anilines is 2. The Morgan fingerprint density at radius 2 is 1.97 bits per heavy atom. The molecule has 1 atom stereocenters. The lowest BCUT2D eigenvalue weighted by molar-refractivity contribution is -0.0929. The first-order chi connectivity index (χ1) is 18.0. The summed E-state index contributed by atoms with van der Waals surface area (Å²) in [6.45, 7) is 0.842. The second-order valence-electron chi connectivity index (χ2n) is 10.8. The molecule has 2 bridgehead atoms. The van der Waals surface area contributed by atoms with Crippen molar-refractivity contribution in [3.63, 3.8) is 0 Å². The molecule has 4 aliphatic rings. The third-order valence-electron chi connectivity index (χ3n) is 8.11. The third kappa shape index (κ3) is 3.98. The molecule has 4 aromatic rings. The summed E-state index contributed by atoms with van der Waals surface area (Å²) in [6, 6.07) is 12.5. The molecule has 4 aliphatic carbocycles. The van der Waals surface area contributed by atoms with Crippen LogP contribution in [0.1, 0.15) is 61.0 Å². The van der Waals surface area contributed by atoms with E-state index < -0.39 is 0 Å². The van der Waals surface area contributed by atoms with Gasteiger partial charge in [0.25, 0.3) is 0 Å². The molecule has 186 valence electrons. The molecule has 2 aromatic carbocycles. The van der Waals surface area contributed by atoms with Gasteiger partial charge in [-0.2, -0.15) is 5.26 Å². The van der Waals surface area contributed by atoms with E-state index in [2.05, 4.69) is 32.0 Å². The number of hydrogen-bond donors (Lipinski definition) is 2. The molecule has 0 spiro atoms. The van der Waals surface area contributed by atoms with Crippen molar-refractivity contribution in [3.05, 3.63) is 76.5 Å². The van der Waals surface area contributed by atoms with E-state index in [4.69, 9.17) is 11.6 Å². The minimum absolute atomic E-state index is 0.299. The van der Waals surface area contributed by atoms with Crippen LogP contribution in [-0.4, -0.2) is 26.5 Å². The normalized spacial score (nSPS) is 22.6. The van der Waals surface area contributed by atoms with Crippen LogP contribution < -0.4 is 10.6 Å². The molecule has 4 fully saturated rings. The van der Waals surface area contributed by atoms with Gasteiger partial charge in [-0.05, 0) is 73.3 Å². The molecule has 0 amide bonds. The first-order valence-corrected chi connectivity index (χ1v) is 13.1. The molecule has 7 nitrogen and oxygen atoms in total. The number of pyridine rings is 1. The second-order valence-corrected chi connectivity index (χ2v) is 11.2. The van der Waals surface area contributed by atoms with E-state index in [1.54, 1.807) is 18.3 Å². The van der Waals surface area contributed by atoms with Crippen LogP contribution in [0.3, 0.4) is 0 Å². The van der Waals surface area contributed by atoms with E-state index in [-0.39, 0.29) is 11.9 Å². The van der Waals surface area contributed by atoms with Crippen LogP contribution in [0.15, 0.2) is 48.8 Å². The van der Waals surface area contributed by atoms with Gasteiger partial charge in [0.05, 0.1) is 40.1 Å². The Labute approximate surface area is 218 Å². The number of nitrogens with one attached hydrogen (secondary N) is 2. The number of benzene rings is 2. The lowest BCUT2D eigenvalue weighted by Crippen LogP contribution is -2.55. The highest BCUT2D eigenvalue weighted by Gasteiger charge is 2.56. The molecular formula is C28H25ClFN7. The molecule has 0 unspecified atom stereocenters. The number of aromatic nitrogens is 4. The Morgan fingerprint density at radius 1 is 1.19 bits per heavy atom. The van der Waals surface area contributed by atoms with Gasteiger partial charge in [0.15, 0.2) is 0 Å². The van der Waals surface area contributed by atoms with Crippen LogP contribution in [0.5, 0.6) is 0 Å². The summed E-state index contributed by atoms with van der Waals surface area (Å²) in [5.74, 6) is 0.588. The fraction of sp³-hybridized carbons (Fsp3) is 0.357. The van der Waals surface area contributed by atoms with Gasteiger partial charge in [-0.15, -0.1) is 5.10 Å². The fourth-order valence-corrected chi connectivity index (χ4v) is 6.13. The Bertz CT molecular complexity index is 1540. The molecule has 37 heavy (non-hydrogen) atoms. The van der Waals surface area contributed by atoms with Crippen molar-refractivity contribution in [2.75, 3.05) is 17.2 Å².